The van der Waals surface area contributed by atoms with E-state index in [4.69, 9.17) is 4.74 Å². The fraction of sp³-hybridized carbons (Fsp3) is 0.200. The molecule has 2 aromatic rings. The number of urea groups is 1. The van der Waals surface area contributed by atoms with E-state index in [0.717, 1.165) is 5.56 Å². The molecule has 1 aromatic carbocycles. The molecule has 0 saturated carbocycles. The van der Waals surface area contributed by atoms with Gasteiger partial charge in [0.15, 0.2) is 11.5 Å². The molecule has 0 aliphatic rings. The number of amides is 2. The third-order valence-electron chi connectivity index (χ3n) is 2.94. The lowest BCUT2D eigenvalue weighted by Crippen LogP contribution is -2.30. The highest BCUT2D eigenvalue weighted by molar-refractivity contribution is 5.88. The van der Waals surface area contributed by atoms with Crippen LogP contribution in [0.25, 0.3) is 0 Å². The van der Waals surface area contributed by atoms with E-state index < -0.39 is 0 Å². The van der Waals surface area contributed by atoms with E-state index in [1.807, 2.05) is 0 Å². The highest BCUT2D eigenvalue weighted by Crippen LogP contribution is 2.26. The van der Waals surface area contributed by atoms with Crippen molar-refractivity contribution in [2.24, 2.45) is 0 Å². The maximum atomic E-state index is 12.1. The lowest BCUT2D eigenvalue weighted by Gasteiger charge is -2.18. The van der Waals surface area contributed by atoms with Crippen LogP contribution in [0.3, 0.4) is 0 Å². The highest BCUT2D eigenvalue weighted by Gasteiger charge is 2.11. The van der Waals surface area contributed by atoms with Crippen LogP contribution < -0.4 is 10.1 Å². The Kier molecular flexibility index (Phi) is 4.61. The first-order valence-corrected chi connectivity index (χ1v) is 6.38. The monoisotopic (exact) mass is 287 g/mol. The van der Waals surface area contributed by atoms with Crippen molar-refractivity contribution in [3.05, 3.63) is 48.3 Å². The van der Waals surface area contributed by atoms with Gasteiger partial charge in [0, 0.05) is 31.7 Å². The lowest BCUT2D eigenvalue weighted by atomic mass is 10.2. The molecular formula is C15H17N3O3. The number of nitrogens with zero attached hydrogens (tertiary/aromatic N) is 2. The number of pyridine rings is 1. The van der Waals surface area contributed by atoms with Crippen LogP contribution in [-0.2, 0) is 6.54 Å². The molecule has 0 radical (unpaired) electrons. The fourth-order valence-electron chi connectivity index (χ4n) is 1.82. The standard InChI is InChI=1S/C15H17N3O3/c1-18(15(20)17-12-5-7-16-8-6-12)10-11-3-4-13(19)14(9-11)21-2/h3-9,19H,10H2,1-2H3,(H,16,17,20). The molecule has 1 aromatic heterocycles. The molecule has 0 aliphatic carbocycles. The first kappa shape index (κ1) is 14.6. The SMILES string of the molecule is COc1cc(CN(C)C(=O)Nc2ccncc2)ccc1O. The Morgan fingerprint density at radius 1 is 1.33 bits per heavy atom. The minimum atomic E-state index is -0.228. The van der Waals surface area contributed by atoms with Crippen molar-refractivity contribution < 1.29 is 14.6 Å². The van der Waals surface area contributed by atoms with E-state index in [0.29, 0.717) is 18.0 Å². The first-order valence-electron chi connectivity index (χ1n) is 6.38. The number of phenolic OH excluding ortho intramolecular Hbond substituents is 1. The number of rotatable bonds is 4. The second-order valence-electron chi connectivity index (χ2n) is 4.53. The summed E-state index contributed by atoms with van der Waals surface area (Å²) in [5.74, 6) is 0.459. The van der Waals surface area contributed by atoms with Gasteiger partial charge in [0.05, 0.1) is 7.11 Å². The molecule has 0 unspecified atom stereocenters. The summed E-state index contributed by atoms with van der Waals surface area (Å²) in [6, 6.07) is 8.20. The van der Waals surface area contributed by atoms with Gasteiger partial charge < -0.3 is 20.1 Å². The molecule has 2 amide bonds. The van der Waals surface area contributed by atoms with Crippen molar-refractivity contribution in [1.29, 1.82) is 0 Å². The third kappa shape index (κ3) is 3.85. The molecule has 0 spiro atoms. The van der Waals surface area contributed by atoms with E-state index >= 15 is 0 Å². The van der Waals surface area contributed by atoms with Crippen molar-refractivity contribution in [1.82, 2.24) is 9.88 Å². The predicted octanol–water partition coefficient (Wildman–Crippen LogP) is 2.46. The molecule has 2 N–H and O–H groups in total. The second kappa shape index (κ2) is 6.60. The fourth-order valence-corrected chi connectivity index (χ4v) is 1.82. The minimum Gasteiger partial charge on any atom is -0.504 e. The van der Waals surface area contributed by atoms with Crippen LogP contribution in [0.4, 0.5) is 10.5 Å². The van der Waals surface area contributed by atoms with Crippen LogP contribution in [-0.4, -0.2) is 35.2 Å². The zero-order valence-corrected chi connectivity index (χ0v) is 11.9. The highest BCUT2D eigenvalue weighted by atomic mass is 16.5. The third-order valence-corrected chi connectivity index (χ3v) is 2.94. The van der Waals surface area contributed by atoms with Crippen molar-refractivity contribution in [3.63, 3.8) is 0 Å². The largest absolute Gasteiger partial charge is 0.504 e. The normalized spacial score (nSPS) is 10.0. The number of hydrogen-bond donors (Lipinski definition) is 2. The zero-order chi connectivity index (χ0) is 15.2. The molecule has 2 rings (SSSR count). The molecule has 0 aliphatic heterocycles. The van der Waals surface area contributed by atoms with Crippen molar-refractivity contribution in [2.75, 3.05) is 19.5 Å². The summed E-state index contributed by atoms with van der Waals surface area (Å²) < 4.78 is 5.05. The number of phenols is 1. The molecule has 0 fully saturated rings. The van der Waals surface area contributed by atoms with Crippen LogP contribution in [0, 0.1) is 0 Å². The van der Waals surface area contributed by atoms with E-state index in [1.54, 1.807) is 49.8 Å². The molecule has 6 nitrogen and oxygen atoms in total. The van der Waals surface area contributed by atoms with Gasteiger partial charge in [-0.3, -0.25) is 4.98 Å². The van der Waals surface area contributed by atoms with Crippen LogP contribution >= 0.6 is 0 Å². The van der Waals surface area contributed by atoms with Crippen LogP contribution in [0.15, 0.2) is 42.7 Å². The van der Waals surface area contributed by atoms with Crippen molar-refractivity contribution in [2.45, 2.75) is 6.54 Å². The smallest absolute Gasteiger partial charge is 0.321 e. The summed E-state index contributed by atoms with van der Waals surface area (Å²) in [6.45, 7) is 0.396. The Labute approximate surface area is 123 Å². The van der Waals surface area contributed by atoms with Crippen molar-refractivity contribution >= 4 is 11.7 Å². The lowest BCUT2D eigenvalue weighted by molar-refractivity contribution is 0.220. The summed E-state index contributed by atoms with van der Waals surface area (Å²) in [7, 11) is 3.18. The van der Waals surface area contributed by atoms with Crippen LogP contribution in [0.1, 0.15) is 5.56 Å². The van der Waals surface area contributed by atoms with Gasteiger partial charge in [0.25, 0.3) is 0 Å². The van der Waals surface area contributed by atoms with E-state index in [9.17, 15) is 9.90 Å². The van der Waals surface area contributed by atoms with Gasteiger partial charge in [-0.15, -0.1) is 0 Å². The maximum absolute atomic E-state index is 12.1. The topological polar surface area (TPSA) is 74.7 Å². The van der Waals surface area contributed by atoms with Crippen molar-refractivity contribution in [3.8, 4) is 11.5 Å². The number of carbonyl (C=O) groups is 1. The number of nitrogens with one attached hydrogen (secondary N) is 1. The van der Waals surface area contributed by atoms with Gasteiger partial charge in [-0.05, 0) is 29.8 Å². The summed E-state index contributed by atoms with van der Waals surface area (Å²) >= 11 is 0. The molecule has 0 bridgehead atoms. The van der Waals surface area contributed by atoms with Gasteiger partial charge >= 0.3 is 6.03 Å². The van der Waals surface area contributed by atoms with E-state index in [2.05, 4.69) is 10.3 Å². The van der Waals surface area contributed by atoms with Crippen LogP contribution in [0.2, 0.25) is 0 Å². The number of aromatic hydroxyl groups is 1. The summed E-state index contributed by atoms with van der Waals surface area (Å²) in [5, 5.41) is 12.3. The Morgan fingerprint density at radius 3 is 2.71 bits per heavy atom. The van der Waals surface area contributed by atoms with Gasteiger partial charge in [-0.25, -0.2) is 4.79 Å². The summed E-state index contributed by atoms with van der Waals surface area (Å²) in [4.78, 5) is 17.5. The van der Waals surface area contributed by atoms with E-state index in [-0.39, 0.29) is 11.8 Å². The van der Waals surface area contributed by atoms with Crippen LogP contribution in [0.5, 0.6) is 11.5 Å². The maximum Gasteiger partial charge on any atom is 0.321 e. The first-order chi connectivity index (χ1) is 10.1. The molecule has 110 valence electrons. The van der Waals surface area contributed by atoms with Gasteiger partial charge in [-0.2, -0.15) is 0 Å². The molecule has 0 saturated heterocycles. The molecular weight excluding hydrogens is 270 g/mol. The Morgan fingerprint density at radius 2 is 2.05 bits per heavy atom. The Hall–Kier alpha value is -2.76. The van der Waals surface area contributed by atoms with E-state index in [1.165, 1.54) is 12.0 Å². The van der Waals surface area contributed by atoms with Gasteiger partial charge in [0.2, 0.25) is 0 Å². The number of methoxy groups -OCH3 is 1. The predicted molar refractivity (Wildman–Crippen MR) is 79.4 cm³/mol. The number of aromatic nitrogens is 1. The number of hydrogen-bond acceptors (Lipinski definition) is 4. The molecule has 0 atom stereocenters. The average Bonchev–Trinajstić information content (AvgIpc) is 2.50. The number of carbonyl (C=O) groups excluding carboxylic acids is 1. The summed E-state index contributed by atoms with van der Waals surface area (Å²) in [6.07, 6.45) is 3.22. The summed E-state index contributed by atoms with van der Waals surface area (Å²) in [5.41, 5.74) is 1.54. The average molecular weight is 287 g/mol. The second-order valence-corrected chi connectivity index (χ2v) is 4.53. The number of ether oxygens (including phenoxy) is 1. The van der Waals surface area contributed by atoms with Gasteiger partial charge in [0.1, 0.15) is 0 Å². The number of benzene rings is 1. The molecule has 21 heavy (non-hydrogen) atoms. The molecule has 1 heterocycles. The van der Waals surface area contributed by atoms with Gasteiger partial charge in [-0.1, -0.05) is 6.07 Å². The quantitative estimate of drug-likeness (QED) is 0.905. The minimum absolute atomic E-state index is 0.0742. The Balaban J connectivity index is 2.00. The molecule has 6 heteroatoms. The zero-order valence-electron chi connectivity index (χ0n) is 11.9. The number of anilines is 1. The Bertz CT molecular complexity index is 617.